The van der Waals surface area contributed by atoms with Gasteiger partial charge in [-0.1, -0.05) is 29.8 Å². The van der Waals surface area contributed by atoms with Gasteiger partial charge in [0.05, 0.1) is 5.57 Å². The summed E-state index contributed by atoms with van der Waals surface area (Å²) in [5, 5.41) is 2.80. The third-order valence-electron chi connectivity index (χ3n) is 4.16. The van der Waals surface area contributed by atoms with Crippen molar-refractivity contribution < 1.29 is 18.4 Å². The maximum absolute atomic E-state index is 13.5. The van der Waals surface area contributed by atoms with Gasteiger partial charge >= 0.3 is 0 Å². The van der Waals surface area contributed by atoms with Crippen molar-refractivity contribution in [1.29, 1.82) is 0 Å². The molecule has 4 nitrogen and oxygen atoms in total. The SMILES string of the molecule is Cc1ccc(C2=C(Nc3ccc(F)c(F)c3)C(=O)N(C(C)C)C2=O)cc1. The molecule has 1 heterocycles. The van der Waals surface area contributed by atoms with Gasteiger partial charge in [-0.15, -0.1) is 0 Å². The lowest BCUT2D eigenvalue weighted by Gasteiger charge is -2.19. The summed E-state index contributed by atoms with van der Waals surface area (Å²) in [6.45, 7) is 5.40. The molecule has 0 aliphatic carbocycles. The minimum atomic E-state index is -1.04. The largest absolute Gasteiger partial charge is 0.350 e. The number of benzene rings is 2. The van der Waals surface area contributed by atoms with Gasteiger partial charge in [0.1, 0.15) is 5.70 Å². The third kappa shape index (κ3) is 3.10. The number of carbonyl (C=O) groups excluding carboxylic acids is 2. The van der Waals surface area contributed by atoms with E-state index in [4.69, 9.17) is 0 Å². The van der Waals surface area contributed by atoms with E-state index in [9.17, 15) is 18.4 Å². The van der Waals surface area contributed by atoms with Crippen molar-refractivity contribution in [3.8, 4) is 0 Å². The minimum Gasteiger partial charge on any atom is -0.350 e. The number of hydrogen-bond donors (Lipinski definition) is 1. The molecule has 0 saturated carbocycles. The second-order valence-electron chi connectivity index (χ2n) is 6.44. The Kier molecular flexibility index (Phi) is 4.59. The topological polar surface area (TPSA) is 49.4 Å². The molecule has 2 aromatic rings. The molecule has 1 aliphatic rings. The quantitative estimate of drug-likeness (QED) is 0.846. The normalized spacial score (nSPS) is 14.6. The molecule has 6 heteroatoms. The minimum absolute atomic E-state index is 0.0542. The molecule has 0 saturated heterocycles. The zero-order valence-corrected chi connectivity index (χ0v) is 14.6. The van der Waals surface area contributed by atoms with Crippen LogP contribution in [0.5, 0.6) is 0 Å². The number of nitrogens with zero attached hydrogens (tertiary/aromatic N) is 1. The van der Waals surface area contributed by atoms with Crippen LogP contribution < -0.4 is 5.32 Å². The van der Waals surface area contributed by atoms with Gasteiger partial charge in [0.25, 0.3) is 11.8 Å². The van der Waals surface area contributed by atoms with Crippen LogP contribution in [0.2, 0.25) is 0 Å². The van der Waals surface area contributed by atoms with E-state index in [1.165, 1.54) is 6.07 Å². The molecule has 1 aliphatic heterocycles. The second kappa shape index (κ2) is 6.71. The number of amides is 2. The highest BCUT2D eigenvalue weighted by Crippen LogP contribution is 2.32. The summed E-state index contributed by atoms with van der Waals surface area (Å²) in [5.41, 5.74) is 2.06. The lowest BCUT2D eigenvalue weighted by molar-refractivity contribution is -0.138. The second-order valence-corrected chi connectivity index (χ2v) is 6.44. The summed E-state index contributed by atoms with van der Waals surface area (Å²) in [6.07, 6.45) is 0. The van der Waals surface area contributed by atoms with Gasteiger partial charge in [0.2, 0.25) is 0 Å². The molecule has 2 aromatic carbocycles. The van der Waals surface area contributed by atoms with Gasteiger partial charge in [-0.2, -0.15) is 0 Å². The van der Waals surface area contributed by atoms with E-state index >= 15 is 0 Å². The van der Waals surface area contributed by atoms with Crippen LogP contribution in [0, 0.1) is 18.6 Å². The summed E-state index contributed by atoms with van der Waals surface area (Å²) in [5.74, 6) is -2.94. The van der Waals surface area contributed by atoms with Crippen molar-refractivity contribution in [2.75, 3.05) is 5.32 Å². The van der Waals surface area contributed by atoms with Crippen LogP contribution in [0.4, 0.5) is 14.5 Å². The number of imide groups is 1. The molecule has 2 amide bonds. The molecular weight excluding hydrogens is 338 g/mol. The van der Waals surface area contributed by atoms with E-state index in [0.29, 0.717) is 5.56 Å². The van der Waals surface area contributed by atoms with Crippen LogP contribution in [-0.4, -0.2) is 22.8 Å². The zero-order chi connectivity index (χ0) is 19.0. The van der Waals surface area contributed by atoms with Gasteiger partial charge in [-0.25, -0.2) is 8.78 Å². The van der Waals surface area contributed by atoms with Crippen LogP contribution in [0.1, 0.15) is 25.0 Å². The van der Waals surface area contributed by atoms with Crippen LogP contribution in [0.25, 0.3) is 5.57 Å². The van der Waals surface area contributed by atoms with Crippen molar-refractivity contribution in [3.05, 3.63) is 70.9 Å². The first-order valence-corrected chi connectivity index (χ1v) is 8.21. The molecule has 3 rings (SSSR count). The molecule has 0 fully saturated rings. The Morgan fingerprint density at radius 2 is 1.58 bits per heavy atom. The summed E-state index contributed by atoms with van der Waals surface area (Å²) in [6, 6.07) is 10.1. The molecule has 0 atom stereocenters. The Morgan fingerprint density at radius 3 is 2.15 bits per heavy atom. The van der Waals surface area contributed by atoms with Gasteiger partial charge < -0.3 is 5.32 Å². The number of rotatable bonds is 4. The molecular formula is C20H18F2N2O2. The number of halogens is 2. The van der Waals surface area contributed by atoms with Crippen LogP contribution >= 0.6 is 0 Å². The Bertz CT molecular complexity index is 918. The number of hydrogen-bond acceptors (Lipinski definition) is 3. The van der Waals surface area contributed by atoms with Crippen molar-refractivity contribution in [2.24, 2.45) is 0 Å². The highest BCUT2D eigenvalue weighted by molar-refractivity contribution is 6.36. The van der Waals surface area contributed by atoms with Gasteiger partial charge in [-0.05, 0) is 38.5 Å². The van der Waals surface area contributed by atoms with Gasteiger partial charge in [0, 0.05) is 17.8 Å². The van der Waals surface area contributed by atoms with Crippen LogP contribution in [0.15, 0.2) is 48.2 Å². The van der Waals surface area contributed by atoms with Crippen LogP contribution in [-0.2, 0) is 9.59 Å². The fourth-order valence-corrected chi connectivity index (χ4v) is 2.84. The van der Waals surface area contributed by atoms with E-state index in [1.807, 2.05) is 19.1 Å². The Morgan fingerprint density at radius 1 is 0.923 bits per heavy atom. The van der Waals surface area contributed by atoms with Crippen LogP contribution in [0.3, 0.4) is 0 Å². The molecule has 26 heavy (non-hydrogen) atoms. The fraction of sp³-hybridized carbons (Fsp3) is 0.200. The number of nitrogens with one attached hydrogen (secondary N) is 1. The van der Waals surface area contributed by atoms with Crippen molar-refractivity contribution >= 4 is 23.1 Å². The maximum atomic E-state index is 13.5. The van der Waals surface area contributed by atoms with E-state index in [2.05, 4.69) is 5.32 Å². The van der Waals surface area contributed by atoms with E-state index in [-0.39, 0.29) is 23.0 Å². The highest BCUT2D eigenvalue weighted by Gasteiger charge is 2.40. The Labute approximate surface area is 150 Å². The molecule has 0 unspecified atom stereocenters. The lowest BCUT2D eigenvalue weighted by atomic mass is 10.0. The average Bonchev–Trinajstić information content (AvgIpc) is 2.82. The van der Waals surface area contributed by atoms with Gasteiger partial charge in [-0.3, -0.25) is 14.5 Å². The summed E-state index contributed by atoms with van der Waals surface area (Å²) < 4.78 is 26.7. The smallest absolute Gasteiger partial charge is 0.278 e. The first-order valence-electron chi connectivity index (χ1n) is 8.21. The number of aryl methyl sites for hydroxylation is 1. The predicted molar refractivity (Wildman–Crippen MR) is 95.1 cm³/mol. The summed E-state index contributed by atoms with van der Waals surface area (Å²) >= 11 is 0. The maximum Gasteiger partial charge on any atom is 0.278 e. The Hall–Kier alpha value is -3.02. The Balaban J connectivity index is 2.10. The van der Waals surface area contributed by atoms with Crippen molar-refractivity contribution in [2.45, 2.75) is 26.8 Å². The zero-order valence-electron chi connectivity index (χ0n) is 14.6. The predicted octanol–water partition coefficient (Wildman–Crippen LogP) is 3.87. The van der Waals surface area contributed by atoms with Gasteiger partial charge in [0.15, 0.2) is 11.6 Å². The summed E-state index contributed by atoms with van der Waals surface area (Å²) in [7, 11) is 0. The molecule has 1 N–H and O–H groups in total. The lowest BCUT2D eigenvalue weighted by Crippen LogP contribution is -2.38. The number of anilines is 1. The highest BCUT2D eigenvalue weighted by atomic mass is 19.2. The third-order valence-corrected chi connectivity index (χ3v) is 4.16. The molecule has 0 bridgehead atoms. The fourth-order valence-electron chi connectivity index (χ4n) is 2.84. The first-order chi connectivity index (χ1) is 12.3. The van der Waals surface area contributed by atoms with Crippen molar-refractivity contribution in [3.63, 3.8) is 0 Å². The molecule has 0 aromatic heterocycles. The van der Waals surface area contributed by atoms with E-state index in [0.717, 1.165) is 22.6 Å². The molecule has 134 valence electrons. The van der Waals surface area contributed by atoms with Crippen molar-refractivity contribution in [1.82, 2.24) is 4.90 Å². The number of carbonyl (C=O) groups is 2. The first kappa shape index (κ1) is 17.8. The van der Waals surface area contributed by atoms with E-state index < -0.39 is 23.4 Å². The average molecular weight is 356 g/mol. The van der Waals surface area contributed by atoms with E-state index in [1.54, 1.807) is 26.0 Å². The summed E-state index contributed by atoms with van der Waals surface area (Å²) in [4.78, 5) is 26.8. The molecule has 0 radical (unpaired) electrons. The standard InChI is InChI=1S/C20H18F2N2O2/c1-11(2)24-19(25)17(13-6-4-12(3)5-7-13)18(20(24)26)23-14-8-9-15(21)16(22)10-14/h4-11,23H,1-3H3. The monoisotopic (exact) mass is 356 g/mol. The molecule has 0 spiro atoms.